The van der Waals surface area contributed by atoms with Gasteiger partial charge in [-0.1, -0.05) is 43.0 Å². The summed E-state index contributed by atoms with van der Waals surface area (Å²) in [5.74, 6) is -0.0732. The van der Waals surface area contributed by atoms with Crippen LogP contribution in [0.15, 0.2) is 17.0 Å². The highest BCUT2D eigenvalue weighted by atomic mass is 35.5. The van der Waals surface area contributed by atoms with E-state index in [1.807, 2.05) is 4.90 Å². The summed E-state index contributed by atoms with van der Waals surface area (Å²) in [6.45, 7) is 8.70. The fourth-order valence-corrected chi connectivity index (χ4v) is 7.12. The lowest BCUT2D eigenvalue weighted by atomic mass is 10.2. The molecule has 11 heteroatoms. The van der Waals surface area contributed by atoms with Gasteiger partial charge in [0.2, 0.25) is 15.9 Å². The van der Waals surface area contributed by atoms with Crippen molar-refractivity contribution < 1.29 is 22.7 Å². The Labute approximate surface area is 213 Å². The van der Waals surface area contributed by atoms with Crippen LogP contribution in [0.4, 0.5) is 0 Å². The van der Waals surface area contributed by atoms with Gasteiger partial charge < -0.3 is 14.4 Å². The Morgan fingerprint density at radius 1 is 1.15 bits per heavy atom. The number of nitrogens with zero attached hydrogens (tertiary/aromatic N) is 3. The molecular weight excluding hydrogens is 501 g/mol. The fourth-order valence-electron chi connectivity index (χ4n) is 4.40. The summed E-state index contributed by atoms with van der Waals surface area (Å²) in [4.78, 5) is 16.9. The van der Waals surface area contributed by atoms with Crippen LogP contribution in [0, 0.1) is 6.92 Å². The summed E-state index contributed by atoms with van der Waals surface area (Å²) in [6, 6.07) is 2.46. The molecule has 8 nitrogen and oxygen atoms in total. The van der Waals surface area contributed by atoms with Gasteiger partial charge in [0.25, 0.3) is 0 Å². The Morgan fingerprint density at radius 3 is 2.56 bits per heavy atom. The highest BCUT2D eigenvalue weighted by Gasteiger charge is 2.36. The van der Waals surface area contributed by atoms with E-state index >= 15 is 0 Å². The lowest BCUT2D eigenvalue weighted by Crippen LogP contribution is -2.52. The van der Waals surface area contributed by atoms with Gasteiger partial charge in [0.1, 0.15) is 11.5 Å². The molecule has 1 atom stereocenters. The summed E-state index contributed by atoms with van der Waals surface area (Å²) in [6.07, 6.45) is 3.62. The molecule has 2 heterocycles. The van der Waals surface area contributed by atoms with Crippen molar-refractivity contribution in [1.82, 2.24) is 14.1 Å². The molecule has 2 fully saturated rings. The molecule has 0 aliphatic carbocycles. The zero-order valence-corrected chi connectivity index (χ0v) is 22.3. The molecule has 0 spiro atoms. The minimum absolute atomic E-state index is 0.0401. The third kappa shape index (κ3) is 7.06. The molecule has 0 aromatic heterocycles. The number of carbonyl (C=O) groups excluding carboxylic acids is 1. The van der Waals surface area contributed by atoms with Gasteiger partial charge >= 0.3 is 0 Å². The zero-order chi connectivity index (χ0) is 24.7. The molecule has 2 saturated heterocycles. The second-order valence-electron chi connectivity index (χ2n) is 8.82. The molecule has 3 rings (SSSR count). The third-order valence-electron chi connectivity index (χ3n) is 6.27. The Balaban J connectivity index is 1.54. The van der Waals surface area contributed by atoms with Crippen molar-refractivity contribution in [2.75, 3.05) is 65.7 Å². The predicted octanol–water partition coefficient (Wildman–Crippen LogP) is 3.04. The van der Waals surface area contributed by atoms with Gasteiger partial charge in [-0.05, 0) is 37.6 Å². The second kappa shape index (κ2) is 12.9. The molecule has 192 valence electrons. The van der Waals surface area contributed by atoms with Crippen molar-refractivity contribution in [2.45, 2.75) is 44.0 Å². The van der Waals surface area contributed by atoms with Gasteiger partial charge in [0, 0.05) is 37.7 Å². The van der Waals surface area contributed by atoms with Gasteiger partial charge in [-0.25, -0.2) is 8.42 Å². The maximum Gasteiger partial charge on any atom is 0.248 e. The Bertz CT molecular complexity index is 916. The standard InChI is InChI=1S/C23H35Cl2N3O5S/c1-3-4-5-6-26-7-9-27(10-8-26)22(29)17-33-16-20-15-32-12-11-28(20)34(30,31)23-18(2)13-19(24)14-21(23)25/h13-14,20H,3-12,15-17H2,1-2H3/t20-/m0/s1. The van der Waals surface area contributed by atoms with Crippen LogP contribution in [-0.4, -0.2) is 100 Å². The second-order valence-corrected chi connectivity index (χ2v) is 11.5. The van der Waals surface area contributed by atoms with E-state index in [1.165, 1.54) is 29.6 Å². The van der Waals surface area contributed by atoms with Gasteiger partial charge in [-0.2, -0.15) is 4.31 Å². The van der Waals surface area contributed by atoms with Crippen molar-refractivity contribution >= 4 is 39.1 Å². The first-order chi connectivity index (χ1) is 16.2. The molecule has 0 bridgehead atoms. The van der Waals surface area contributed by atoms with Gasteiger partial charge in [0.05, 0.1) is 30.9 Å². The SMILES string of the molecule is CCCCCN1CCN(C(=O)COC[C@@H]2COCCN2S(=O)(=O)c2c(C)cc(Cl)cc2Cl)CC1. The lowest BCUT2D eigenvalue weighted by molar-refractivity contribution is -0.138. The van der Waals surface area contributed by atoms with Crippen molar-refractivity contribution in [2.24, 2.45) is 0 Å². The van der Waals surface area contributed by atoms with Crippen LogP contribution in [0.3, 0.4) is 0 Å². The first-order valence-corrected chi connectivity index (χ1v) is 14.1. The summed E-state index contributed by atoms with van der Waals surface area (Å²) in [7, 11) is -3.89. The van der Waals surface area contributed by atoms with Crippen molar-refractivity contribution in [3.8, 4) is 0 Å². The molecule has 2 aliphatic heterocycles. The van der Waals surface area contributed by atoms with E-state index in [2.05, 4.69) is 11.8 Å². The average Bonchev–Trinajstić information content (AvgIpc) is 2.79. The van der Waals surface area contributed by atoms with Crippen LogP contribution in [0.2, 0.25) is 10.0 Å². The molecule has 2 aliphatic rings. The third-order valence-corrected chi connectivity index (χ3v) is 9.06. The van der Waals surface area contributed by atoms with Crippen LogP contribution in [0.1, 0.15) is 31.7 Å². The average molecular weight is 537 g/mol. The number of morpholine rings is 1. The van der Waals surface area contributed by atoms with Crippen LogP contribution in [-0.2, 0) is 24.3 Å². The maximum absolute atomic E-state index is 13.4. The number of unbranched alkanes of at least 4 members (excludes halogenated alkanes) is 2. The first-order valence-electron chi connectivity index (χ1n) is 11.9. The number of carbonyl (C=O) groups is 1. The summed E-state index contributed by atoms with van der Waals surface area (Å²) in [5.41, 5.74) is 0.479. The number of amides is 1. The van der Waals surface area contributed by atoms with Crippen LogP contribution < -0.4 is 0 Å². The number of hydrogen-bond acceptors (Lipinski definition) is 6. The normalized spacial score (nSPS) is 20.6. The number of sulfonamides is 1. The molecule has 1 amide bonds. The lowest BCUT2D eigenvalue weighted by Gasteiger charge is -2.36. The van der Waals surface area contributed by atoms with Gasteiger partial charge in [-0.15, -0.1) is 0 Å². The minimum atomic E-state index is -3.89. The van der Waals surface area contributed by atoms with Crippen molar-refractivity contribution in [3.63, 3.8) is 0 Å². The molecule has 0 radical (unpaired) electrons. The van der Waals surface area contributed by atoms with Crippen molar-refractivity contribution in [3.05, 3.63) is 27.7 Å². The summed E-state index contributed by atoms with van der Waals surface area (Å²) < 4.78 is 39.4. The molecular formula is C23H35Cl2N3O5S. The molecule has 0 unspecified atom stereocenters. The Hall–Kier alpha value is -0.940. The number of halogens is 2. The van der Waals surface area contributed by atoms with E-state index in [-0.39, 0.29) is 48.8 Å². The minimum Gasteiger partial charge on any atom is -0.378 e. The molecule has 0 N–H and O–H groups in total. The topological polar surface area (TPSA) is 79.4 Å². The Morgan fingerprint density at radius 2 is 1.88 bits per heavy atom. The Kier molecular flexibility index (Phi) is 10.4. The number of piperazine rings is 1. The highest BCUT2D eigenvalue weighted by Crippen LogP contribution is 2.32. The maximum atomic E-state index is 13.4. The van der Waals surface area contributed by atoms with Crippen LogP contribution >= 0.6 is 23.2 Å². The number of hydrogen-bond donors (Lipinski definition) is 0. The van der Waals surface area contributed by atoms with Crippen molar-refractivity contribution in [1.29, 1.82) is 0 Å². The quantitative estimate of drug-likeness (QED) is 0.428. The number of ether oxygens (including phenoxy) is 2. The van der Waals surface area contributed by atoms with Gasteiger partial charge in [-0.3, -0.25) is 9.69 Å². The molecule has 34 heavy (non-hydrogen) atoms. The largest absolute Gasteiger partial charge is 0.378 e. The van der Waals surface area contributed by atoms with E-state index in [9.17, 15) is 13.2 Å². The van der Waals surface area contributed by atoms with Crippen LogP contribution in [0.25, 0.3) is 0 Å². The van der Waals surface area contributed by atoms with E-state index in [1.54, 1.807) is 13.0 Å². The number of benzene rings is 1. The van der Waals surface area contributed by atoms with E-state index in [0.717, 1.165) is 19.6 Å². The smallest absolute Gasteiger partial charge is 0.248 e. The van der Waals surface area contributed by atoms with E-state index in [4.69, 9.17) is 32.7 Å². The summed E-state index contributed by atoms with van der Waals surface area (Å²) >= 11 is 12.3. The molecule has 1 aromatic carbocycles. The predicted molar refractivity (Wildman–Crippen MR) is 133 cm³/mol. The monoisotopic (exact) mass is 535 g/mol. The van der Waals surface area contributed by atoms with Gasteiger partial charge in [0.15, 0.2) is 0 Å². The molecule has 0 saturated carbocycles. The first kappa shape index (κ1) is 27.6. The summed E-state index contributed by atoms with van der Waals surface area (Å²) in [5, 5.41) is 0.462. The van der Waals surface area contributed by atoms with Crippen LogP contribution in [0.5, 0.6) is 0 Å². The number of aryl methyl sites for hydroxylation is 1. The zero-order valence-electron chi connectivity index (χ0n) is 20.0. The number of rotatable bonds is 10. The van der Waals surface area contributed by atoms with E-state index < -0.39 is 16.1 Å². The fraction of sp³-hybridized carbons (Fsp3) is 0.696. The van der Waals surface area contributed by atoms with E-state index in [0.29, 0.717) is 23.7 Å². The highest BCUT2D eigenvalue weighted by molar-refractivity contribution is 7.89. The molecule has 1 aromatic rings.